The molecule has 0 saturated heterocycles. The predicted octanol–water partition coefficient (Wildman–Crippen LogP) is 1.34. The largest absolute Gasteiger partial charge is 0.570 e. The van der Waals surface area contributed by atoms with Gasteiger partial charge in [0.1, 0.15) is 0 Å². The molecule has 4 nitrogen and oxygen atoms in total. The molecule has 1 rings (SSSR count). The van der Waals surface area contributed by atoms with Gasteiger partial charge in [-0.1, -0.05) is 12.8 Å². The smallest absolute Gasteiger partial charge is 0.475 e. The summed E-state index contributed by atoms with van der Waals surface area (Å²) in [5, 5.41) is 0. The summed E-state index contributed by atoms with van der Waals surface area (Å²) in [6.45, 7) is 0.442. The van der Waals surface area contributed by atoms with Crippen LogP contribution in [0, 0.1) is 0 Å². The minimum Gasteiger partial charge on any atom is -0.475 e. The summed E-state index contributed by atoms with van der Waals surface area (Å²) >= 11 is 0. The summed E-state index contributed by atoms with van der Waals surface area (Å²) in [4.78, 5) is 10.3. The molecule has 0 heterocycles. The zero-order chi connectivity index (χ0) is 9.73. The Morgan fingerprint density at radius 1 is 1.23 bits per heavy atom. The molecule has 0 aromatic rings. The lowest BCUT2D eigenvalue weighted by molar-refractivity contribution is -0.125. The standard InChI is InChI=1S/C8H16O4Si/c1-10-13(11-2,12-7-9)8-5-3-4-6-8/h7-8H,3-6H2,1-2H3. The molecule has 0 bridgehead atoms. The quantitative estimate of drug-likeness (QED) is 0.500. The van der Waals surface area contributed by atoms with Gasteiger partial charge in [-0.25, -0.2) is 0 Å². The number of carbonyl (C=O) groups excluding carboxylic acids is 1. The lowest BCUT2D eigenvalue weighted by Crippen LogP contribution is -2.47. The fraction of sp³-hybridized carbons (Fsp3) is 0.875. The minimum atomic E-state index is -2.68. The zero-order valence-corrected chi connectivity index (χ0v) is 9.12. The average Bonchev–Trinajstić information content (AvgIpc) is 2.68. The van der Waals surface area contributed by atoms with Crippen molar-refractivity contribution in [1.82, 2.24) is 0 Å². The maximum Gasteiger partial charge on any atom is 0.570 e. The topological polar surface area (TPSA) is 44.8 Å². The second-order valence-corrected chi connectivity index (χ2v) is 6.28. The third-order valence-corrected chi connectivity index (χ3v) is 5.78. The fourth-order valence-electron chi connectivity index (χ4n) is 1.96. The van der Waals surface area contributed by atoms with Crippen molar-refractivity contribution < 1.29 is 18.1 Å². The van der Waals surface area contributed by atoms with E-state index in [-0.39, 0.29) is 0 Å². The van der Waals surface area contributed by atoms with E-state index in [9.17, 15) is 4.79 Å². The van der Waals surface area contributed by atoms with Gasteiger partial charge in [-0.2, -0.15) is 0 Å². The Labute approximate surface area is 79.5 Å². The maximum atomic E-state index is 10.3. The van der Waals surface area contributed by atoms with E-state index in [1.165, 1.54) is 12.8 Å². The van der Waals surface area contributed by atoms with Gasteiger partial charge in [0, 0.05) is 19.8 Å². The normalized spacial score (nSPS) is 18.9. The Kier molecular flexibility index (Phi) is 3.89. The van der Waals surface area contributed by atoms with Crippen LogP contribution in [0.5, 0.6) is 0 Å². The number of hydrogen-bond acceptors (Lipinski definition) is 4. The molecule has 0 amide bonds. The van der Waals surface area contributed by atoms with Crippen molar-refractivity contribution in [2.24, 2.45) is 0 Å². The van der Waals surface area contributed by atoms with Crippen molar-refractivity contribution in [2.45, 2.75) is 31.2 Å². The van der Waals surface area contributed by atoms with Crippen LogP contribution in [-0.2, 0) is 18.1 Å². The van der Waals surface area contributed by atoms with Crippen LogP contribution in [0.2, 0.25) is 5.54 Å². The van der Waals surface area contributed by atoms with E-state index in [4.69, 9.17) is 13.3 Å². The highest BCUT2D eigenvalue weighted by molar-refractivity contribution is 6.63. The highest BCUT2D eigenvalue weighted by Crippen LogP contribution is 2.39. The molecule has 0 atom stereocenters. The number of hydrogen-bond donors (Lipinski definition) is 0. The Balaban J connectivity index is 2.67. The van der Waals surface area contributed by atoms with Crippen molar-refractivity contribution >= 4 is 15.3 Å². The zero-order valence-electron chi connectivity index (χ0n) is 8.12. The summed E-state index contributed by atoms with van der Waals surface area (Å²) in [5.74, 6) is 0. The van der Waals surface area contributed by atoms with Crippen molar-refractivity contribution in [2.75, 3.05) is 14.2 Å². The molecule has 1 aliphatic carbocycles. The average molecular weight is 204 g/mol. The van der Waals surface area contributed by atoms with E-state index in [1.54, 1.807) is 14.2 Å². The van der Waals surface area contributed by atoms with Gasteiger partial charge in [0.15, 0.2) is 0 Å². The molecule has 76 valence electrons. The first kappa shape index (κ1) is 10.7. The molecule has 1 saturated carbocycles. The van der Waals surface area contributed by atoms with Crippen molar-refractivity contribution in [3.8, 4) is 0 Å². The molecular weight excluding hydrogens is 188 g/mol. The molecule has 0 radical (unpaired) electrons. The predicted molar refractivity (Wildman–Crippen MR) is 49.1 cm³/mol. The van der Waals surface area contributed by atoms with Gasteiger partial charge in [0.2, 0.25) is 0 Å². The Morgan fingerprint density at radius 3 is 2.15 bits per heavy atom. The molecule has 0 aliphatic heterocycles. The molecular formula is C8H16O4Si. The molecule has 1 aliphatic rings. The highest BCUT2D eigenvalue weighted by atomic mass is 28.4. The van der Waals surface area contributed by atoms with Crippen LogP contribution in [-0.4, -0.2) is 29.5 Å². The van der Waals surface area contributed by atoms with Gasteiger partial charge in [-0.15, -0.1) is 0 Å². The first-order chi connectivity index (χ1) is 6.29. The summed E-state index contributed by atoms with van der Waals surface area (Å²) in [6, 6.07) is 0. The molecule has 0 spiro atoms. The second kappa shape index (κ2) is 4.73. The summed E-state index contributed by atoms with van der Waals surface area (Å²) in [5.41, 5.74) is 0.299. The van der Waals surface area contributed by atoms with Gasteiger partial charge < -0.3 is 13.3 Å². The minimum absolute atomic E-state index is 0.299. The molecule has 13 heavy (non-hydrogen) atoms. The summed E-state index contributed by atoms with van der Waals surface area (Å²) in [7, 11) is 0.428. The molecule has 0 N–H and O–H groups in total. The monoisotopic (exact) mass is 204 g/mol. The molecule has 0 aromatic carbocycles. The van der Waals surface area contributed by atoms with Crippen molar-refractivity contribution in [1.29, 1.82) is 0 Å². The number of carbonyl (C=O) groups is 1. The van der Waals surface area contributed by atoms with Gasteiger partial charge in [0.25, 0.3) is 6.47 Å². The lowest BCUT2D eigenvalue weighted by Gasteiger charge is -2.28. The maximum absolute atomic E-state index is 10.3. The highest BCUT2D eigenvalue weighted by Gasteiger charge is 2.50. The van der Waals surface area contributed by atoms with Gasteiger partial charge in [-0.3, -0.25) is 4.79 Å². The van der Waals surface area contributed by atoms with E-state index < -0.39 is 8.80 Å². The molecule has 1 fully saturated rings. The van der Waals surface area contributed by atoms with Gasteiger partial charge in [-0.05, 0) is 12.8 Å². The van der Waals surface area contributed by atoms with E-state index >= 15 is 0 Å². The third kappa shape index (κ3) is 2.10. The SMILES string of the molecule is CO[Si](OC)(OC=O)C1CCCC1. The molecule has 0 unspecified atom stereocenters. The third-order valence-electron chi connectivity index (χ3n) is 2.64. The Morgan fingerprint density at radius 2 is 1.77 bits per heavy atom. The van der Waals surface area contributed by atoms with Crippen LogP contribution >= 0.6 is 0 Å². The van der Waals surface area contributed by atoms with Crippen LogP contribution < -0.4 is 0 Å². The van der Waals surface area contributed by atoms with E-state index in [0.717, 1.165) is 12.8 Å². The lowest BCUT2D eigenvalue weighted by atomic mass is 10.4. The number of rotatable bonds is 5. The van der Waals surface area contributed by atoms with Gasteiger partial charge >= 0.3 is 8.80 Å². The Hall–Kier alpha value is -0.393. The molecule has 5 heteroatoms. The molecule has 0 aromatic heterocycles. The summed E-state index contributed by atoms with van der Waals surface area (Å²) < 4.78 is 15.6. The van der Waals surface area contributed by atoms with Crippen LogP contribution in [0.1, 0.15) is 25.7 Å². The van der Waals surface area contributed by atoms with E-state index in [0.29, 0.717) is 12.0 Å². The second-order valence-electron chi connectivity index (χ2n) is 3.21. The fourth-order valence-corrected chi connectivity index (χ4v) is 4.42. The van der Waals surface area contributed by atoms with Crippen LogP contribution in [0.25, 0.3) is 0 Å². The van der Waals surface area contributed by atoms with E-state index in [1.807, 2.05) is 0 Å². The van der Waals surface area contributed by atoms with Crippen molar-refractivity contribution in [3.63, 3.8) is 0 Å². The van der Waals surface area contributed by atoms with E-state index in [2.05, 4.69) is 0 Å². The van der Waals surface area contributed by atoms with Crippen molar-refractivity contribution in [3.05, 3.63) is 0 Å². The van der Waals surface area contributed by atoms with Crippen LogP contribution in [0.4, 0.5) is 0 Å². The van der Waals surface area contributed by atoms with Gasteiger partial charge in [0.05, 0.1) is 0 Å². The Bertz CT molecular complexity index is 164. The first-order valence-corrected chi connectivity index (χ1v) is 6.31. The van der Waals surface area contributed by atoms with Crippen LogP contribution in [0.3, 0.4) is 0 Å². The van der Waals surface area contributed by atoms with Crippen LogP contribution in [0.15, 0.2) is 0 Å². The summed E-state index contributed by atoms with van der Waals surface area (Å²) in [6.07, 6.45) is 4.44. The first-order valence-electron chi connectivity index (χ1n) is 4.51.